The summed E-state index contributed by atoms with van der Waals surface area (Å²) >= 11 is 0. The molecule has 0 bridgehead atoms. The lowest BCUT2D eigenvalue weighted by atomic mass is 10.1. The zero-order valence-electron chi connectivity index (χ0n) is 10.1. The highest BCUT2D eigenvalue weighted by atomic mass is 19.1. The van der Waals surface area contributed by atoms with Gasteiger partial charge in [-0.3, -0.25) is 4.79 Å². The Kier molecular flexibility index (Phi) is 3.41. The van der Waals surface area contributed by atoms with Crippen LogP contribution < -0.4 is 11.3 Å². The Hall–Kier alpha value is -2.17. The third kappa shape index (κ3) is 2.40. The van der Waals surface area contributed by atoms with Gasteiger partial charge in [0.05, 0.1) is 5.69 Å². The zero-order valence-corrected chi connectivity index (χ0v) is 10.1. The van der Waals surface area contributed by atoms with Gasteiger partial charge in [0.2, 0.25) is 0 Å². The van der Waals surface area contributed by atoms with Crippen LogP contribution >= 0.6 is 0 Å². The first kappa shape index (κ1) is 12.3. The number of nitrogen functional groups attached to an aromatic ring is 1. The first-order valence-electron chi connectivity index (χ1n) is 5.75. The minimum Gasteiger partial charge on any atom is -0.394 e. The highest BCUT2D eigenvalue weighted by Gasteiger charge is 2.07. The Labute approximate surface area is 104 Å². The summed E-state index contributed by atoms with van der Waals surface area (Å²) in [4.78, 5) is 11.7. The lowest BCUT2D eigenvalue weighted by Crippen LogP contribution is -2.25. The van der Waals surface area contributed by atoms with Crippen molar-refractivity contribution in [3.63, 3.8) is 0 Å². The third-order valence-corrected chi connectivity index (χ3v) is 2.58. The molecule has 2 rings (SSSR count). The van der Waals surface area contributed by atoms with Crippen LogP contribution in [0.3, 0.4) is 0 Å². The van der Waals surface area contributed by atoms with E-state index < -0.39 is 0 Å². The maximum absolute atomic E-state index is 12.8. The number of hydrogen-bond acceptors (Lipinski definition) is 3. The Morgan fingerprint density at radius 2 is 2.00 bits per heavy atom. The second-order valence-electron chi connectivity index (χ2n) is 4.02. The quantitative estimate of drug-likeness (QED) is 0.902. The monoisotopic (exact) mass is 247 g/mol. The van der Waals surface area contributed by atoms with Crippen molar-refractivity contribution in [2.75, 3.05) is 5.73 Å². The predicted octanol–water partition coefficient (Wildman–Crippen LogP) is 2.04. The number of hydrogen-bond donors (Lipinski definition) is 1. The van der Waals surface area contributed by atoms with Crippen LogP contribution in [0.4, 0.5) is 10.1 Å². The van der Waals surface area contributed by atoms with Crippen molar-refractivity contribution in [3.8, 4) is 11.3 Å². The van der Waals surface area contributed by atoms with Crippen LogP contribution in [0.15, 0.2) is 35.1 Å². The zero-order chi connectivity index (χ0) is 13.1. The SMILES string of the molecule is CCCn1nc(-c2ccc(F)cc2)cc(N)c1=O. The van der Waals surface area contributed by atoms with Crippen LogP contribution in [0.5, 0.6) is 0 Å². The largest absolute Gasteiger partial charge is 0.394 e. The standard InChI is InChI=1S/C13H14FN3O/c1-2-7-17-13(18)11(15)8-12(16-17)9-3-5-10(14)6-4-9/h3-6,8H,2,7,15H2,1H3. The first-order chi connectivity index (χ1) is 8.61. The van der Waals surface area contributed by atoms with E-state index in [2.05, 4.69) is 5.10 Å². The number of aryl methyl sites for hydroxylation is 1. The van der Waals surface area contributed by atoms with Crippen LogP contribution in [-0.4, -0.2) is 9.78 Å². The first-order valence-corrected chi connectivity index (χ1v) is 5.75. The molecule has 4 nitrogen and oxygen atoms in total. The van der Waals surface area contributed by atoms with Gasteiger partial charge in [-0.1, -0.05) is 6.92 Å². The van der Waals surface area contributed by atoms with Gasteiger partial charge in [-0.2, -0.15) is 5.10 Å². The van der Waals surface area contributed by atoms with Gasteiger partial charge in [0.1, 0.15) is 11.5 Å². The van der Waals surface area contributed by atoms with Crippen LogP contribution in [0, 0.1) is 5.82 Å². The number of nitrogens with zero attached hydrogens (tertiary/aromatic N) is 2. The van der Waals surface area contributed by atoms with Gasteiger partial charge in [-0.05, 0) is 36.8 Å². The molecule has 1 aromatic heterocycles. The Morgan fingerprint density at radius 1 is 1.33 bits per heavy atom. The minimum absolute atomic E-state index is 0.151. The van der Waals surface area contributed by atoms with Crippen LogP contribution in [-0.2, 0) is 6.54 Å². The summed E-state index contributed by atoms with van der Waals surface area (Å²) in [6.07, 6.45) is 0.791. The molecule has 1 aromatic carbocycles. The van der Waals surface area contributed by atoms with Crippen LogP contribution in [0.2, 0.25) is 0 Å². The maximum Gasteiger partial charge on any atom is 0.289 e. The molecule has 0 amide bonds. The van der Waals surface area contributed by atoms with E-state index >= 15 is 0 Å². The van der Waals surface area contributed by atoms with Crippen LogP contribution in [0.1, 0.15) is 13.3 Å². The number of anilines is 1. The van der Waals surface area contributed by atoms with Crippen molar-refractivity contribution in [2.45, 2.75) is 19.9 Å². The highest BCUT2D eigenvalue weighted by molar-refractivity contribution is 5.61. The second-order valence-corrected chi connectivity index (χ2v) is 4.02. The molecular weight excluding hydrogens is 233 g/mol. The summed E-state index contributed by atoms with van der Waals surface area (Å²) in [6.45, 7) is 2.47. The van der Waals surface area contributed by atoms with Crippen molar-refractivity contribution in [1.29, 1.82) is 0 Å². The summed E-state index contributed by atoms with van der Waals surface area (Å²) in [5.74, 6) is -0.311. The summed E-state index contributed by atoms with van der Waals surface area (Å²) in [7, 11) is 0. The smallest absolute Gasteiger partial charge is 0.289 e. The van der Waals surface area contributed by atoms with Crippen molar-refractivity contribution in [2.24, 2.45) is 0 Å². The van der Waals surface area contributed by atoms with Crippen molar-refractivity contribution < 1.29 is 4.39 Å². The van der Waals surface area contributed by atoms with Gasteiger partial charge in [-0.15, -0.1) is 0 Å². The van der Waals surface area contributed by atoms with E-state index in [1.807, 2.05) is 6.92 Å². The number of aromatic nitrogens is 2. The lowest BCUT2D eigenvalue weighted by molar-refractivity contribution is 0.572. The normalized spacial score (nSPS) is 10.6. The molecule has 1 heterocycles. The molecule has 2 N–H and O–H groups in total. The Morgan fingerprint density at radius 3 is 2.61 bits per heavy atom. The average molecular weight is 247 g/mol. The molecule has 0 aliphatic rings. The molecule has 0 unspecified atom stereocenters. The predicted molar refractivity (Wildman–Crippen MR) is 68.6 cm³/mol. The highest BCUT2D eigenvalue weighted by Crippen LogP contribution is 2.17. The summed E-state index contributed by atoms with van der Waals surface area (Å²) in [5.41, 5.74) is 6.83. The summed E-state index contributed by atoms with van der Waals surface area (Å²) in [6, 6.07) is 7.43. The van der Waals surface area contributed by atoms with E-state index in [1.165, 1.54) is 22.9 Å². The molecule has 18 heavy (non-hydrogen) atoms. The molecule has 94 valence electrons. The van der Waals surface area contributed by atoms with E-state index in [-0.39, 0.29) is 17.1 Å². The molecule has 0 atom stereocenters. The molecule has 0 radical (unpaired) electrons. The molecule has 2 aromatic rings. The fraction of sp³-hybridized carbons (Fsp3) is 0.231. The van der Waals surface area contributed by atoms with Gasteiger partial charge in [-0.25, -0.2) is 9.07 Å². The van der Waals surface area contributed by atoms with Crippen LogP contribution in [0.25, 0.3) is 11.3 Å². The molecule has 5 heteroatoms. The minimum atomic E-state index is -0.311. The molecule has 0 aliphatic heterocycles. The van der Waals surface area contributed by atoms with Gasteiger partial charge in [0.25, 0.3) is 5.56 Å². The fourth-order valence-corrected chi connectivity index (χ4v) is 1.69. The molecule has 0 aliphatic carbocycles. The summed E-state index contributed by atoms with van der Waals surface area (Å²) < 4.78 is 14.2. The van der Waals surface area contributed by atoms with E-state index in [9.17, 15) is 9.18 Å². The van der Waals surface area contributed by atoms with Gasteiger partial charge >= 0.3 is 0 Å². The van der Waals surface area contributed by atoms with Gasteiger partial charge < -0.3 is 5.73 Å². The molecule has 0 saturated heterocycles. The van der Waals surface area contributed by atoms with Crippen molar-refractivity contribution in [1.82, 2.24) is 9.78 Å². The third-order valence-electron chi connectivity index (χ3n) is 2.58. The van der Waals surface area contributed by atoms with Gasteiger partial charge in [0, 0.05) is 12.1 Å². The topological polar surface area (TPSA) is 60.9 Å². The maximum atomic E-state index is 12.8. The van der Waals surface area contributed by atoms with E-state index in [1.54, 1.807) is 12.1 Å². The summed E-state index contributed by atoms with van der Waals surface area (Å²) in [5, 5.41) is 4.22. The Balaban J connectivity index is 2.51. The average Bonchev–Trinajstić information content (AvgIpc) is 2.36. The van der Waals surface area contributed by atoms with Crippen molar-refractivity contribution >= 4 is 5.69 Å². The molecule has 0 saturated carbocycles. The Bertz CT molecular complexity index is 605. The number of benzene rings is 1. The molecule has 0 spiro atoms. The fourth-order valence-electron chi connectivity index (χ4n) is 1.69. The van der Waals surface area contributed by atoms with E-state index in [0.29, 0.717) is 12.2 Å². The van der Waals surface area contributed by atoms with E-state index in [4.69, 9.17) is 5.73 Å². The van der Waals surface area contributed by atoms with Gasteiger partial charge in [0.15, 0.2) is 0 Å². The van der Waals surface area contributed by atoms with Crippen molar-refractivity contribution in [3.05, 3.63) is 46.5 Å². The lowest BCUT2D eigenvalue weighted by Gasteiger charge is -2.07. The second kappa shape index (κ2) is 5.00. The molecule has 0 fully saturated rings. The van der Waals surface area contributed by atoms with E-state index in [0.717, 1.165) is 12.0 Å². The molecular formula is C13H14FN3O. The number of rotatable bonds is 3. The number of halogens is 1. The number of nitrogens with two attached hydrogens (primary N) is 1.